The Hall–Kier alpha value is -4.44. The molecule has 3 aromatic carbocycles. The molecular weight excluding hydrogens is 695 g/mol. The van der Waals surface area contributed by atoms with Crippen LogP contribution in [0.15, 0.2) is 120 Å². The van der Waals surface area contributed by atoms with Crippen molar-refractivity contribution in [3.8, 4) is 22.5 Å². The second kappa shape index (κ2) is 13.5. The number of fused-ring (bicyclic) bond motifs is 3. The van der Waals surface area contributed by atoms with Crippen molar-refractivity contribution in [3.63, 3.8) is 0 Å². The molecule has 4 aromatic heterocycles. The van der Waals surface area contributed by atoms with Crippen LogP contribution in [0.1, 0.15) is 26.5 Å². The largest absolute Gasteiger partial charge is 0.486 e. The maximum atomic E-state index is 7.61. The van der Waals surface area contributed by atoms with Crippen molar-refractivity contribution in [1.82, 2.24) is 15.0 Å². The maximum Gasteiger partial charge on any atom is 0.216 e. The Balaban J connectivity index is 0.000000258. The summed E-state index contributed by atoms with van der Waals surface area (Å²) in [5.41, 5.74) is 8.22. The van der Waals surface area contributed by atoms with Crippen LogP contribution in [-0.2, 0) is 32.9 Å². The zero-order valence-corrected chi connectivity index (χ0v) is 25.4. The van der Waals surface area contributed by atoms with Crippen molar-refractivity contribution < 1.29 is 28.6 Å². The molecule has 0 aliphatic rings. The smallest absolute Gasteiger partial charge is 0.216 e. The monoisotopic (exact) mass is 727 g/mol. The van der Waals surface area contributed by atoms with Crippen LogP contribution in [0.5, 0.6) is 0 Å². The minimum atomic E-state index is -2.28. The van der Waals surface area contributed by atoms with Crippen LogP contribution in [0.3, 0.4) is 0 Å². The molecule has 0 spiro atoms. The quantitative estimate of drug-likeness (QED) is 0.167. The molecule has 0 N–H and O–H groups in total. The summed E-state index contributed by atoms with van der Waals surface area (Å²) in [6.45, 7) is -0.178. The van der Waals surface area contributed by atoms with Gasteiger partial charge in [-0.05, 0) is 67.8 Å². The van der Waals surface area contributed by atoms with E-state index >= 15 is 0 Å². The number of hydrogen-bond acceptors (Lipinski definition) is 4. The summed E-state index contributed by atoms with van der Waals surface area (Å²) >= 11 is 0. The number of aromatic nitrogens is 3. The molecule has 7 rings (SSSR count). The molecule has 0 saturated carbocycles. The standard InChI is InChI=1S/C26H21N2O.C11H8N.Ir/c1-17-5-3-6-19(15-17)10-11-20-13-14-27-24(16-20)23-8-4-7-21-22-12-9-18(2)28-26(22)29-25(21)23;1-2-6-10(7-3-1)11-8-4-5-9-12-11;/h3-7,9,12-16H,10-11H2,1-2H3;1-6,8-9H;/q2*-1;/i2D3;;. The van der Waals surface area contributed by atoms with Crippen LogP contribution in [0.2, 0.25) is 0 Å². The van der Waals surface area contributed by atoms with Gasteiger partial charge in [0.15, 0.2) is 0 Å². The number of rotatable bonds is 5. The van der Waals surface area contributed by atoms with Crippen molar-refractivity contribution in [3.05, 3.63) is 150 Å². The van der Waals surface area contributed by atoms with Gasteiger partial charge in [-0.15, -0.1) is 54.1 Å². The second-order valence-corrected chi connectivity index (χ2v) is 9.78. The predicted octanol–water partition coefficient (Wildman–Crippen LogP) is 8.79. The third-order valence-electron chi connectivity index (χ3n) is 6.81. The molecule has 0 saturated heterocycles. The topological polar surface area (TPSA) is 51.8 Å². The Morgan fingerprint density at radius 2 is 1.60 bits per heavy atom. The van der Waals surface area contributed by atoms with Crippen molar-refractivity contribution in [2.75, 3.05) is 0 Å². The number of hydrogen-bond donors (Lipinski definition) is 0. The summed E-state index contributed by atoms with van der Waals surface area (Å²) < 4.78 is 28.9. The molecule has 4 nitrogen and oxygen atoms in total. The van der Waals surface area contributed by atoms with E-state index in [9.17, 15) is 0 Å². The normalized spacial score (nSPS) is 12.0. The third kappa shape index (κ3) is 6.71. The first-order valence-corrected chi connectivity index (χ1v) is 13.5. The van der Waals surface area contributed by atoms with Gasteiger partial charge in [0, 0.05) is 47.7 Å². The van der Waals surface area contributed by atoms with Gasteiger partial charge in [0.1, 0.15) is 0 Å². The van der Waals surface area contributed by atoms with Crippen LogP contribution in [0, 0.1) is 25.9 Å². The van der Waals surface area contributed by atoms with Crippen LogP contribution >= 0.6 is 0 Å². The summed E-state index contributed by atoms with van der Waals surface area (Å²) in [6.07, 6.45) is 5.45. The molecule has 0 fully saturated rings. The minimum Gasteiger partial charge on any atom is -0.486 e. The zero-order valence-electron chi connectivity index (χ0n) is 26.0. The molecule has 1 radical (unpaired) electrons. The van der Waals surface area contributed by atoms with Gasteiger partial charge in [0.05, 0.1) is 5.58 Å². The van der Waals surface area contributed by atoms with Crippen LogP contribution < -0.4 is 0 Å². The first-order chi connectivity index (χ1) is 21.3. The SMILES string of the molecule is [2H]C([2H])([2H])c1ccc2c(n1)oc1c(-c3cc(CCc4cccc(C)c4)ccn3)[c-]ccc12.[Ir].[c-]1ccccc1-c1ccccn1. The van der Waals surface area contributed by atoms with Gasteiger partial charge in [-0.3, -0.25) is 0 Å². The van der Waals surface area contributed by atoms with Crippen molar-refractivity contribution in [2.45, 2.75) is 26.6 Å². The van der Waals surface area contributed by atoms with Gasteiger partial charge in [-0.2, -0.15) is 0 Å². The Morgan fingerprint density at radius 3 is 2.38 bits per heavy atom. The zero-order chi connectivity index (χ0) is 30.5. The fourth-order valence-electron chi connectivity index (χ4n) is 4.81. The first-order valence-electron chi connectivity index (χ1n) is 15.0. The van der Waals surface area contributed by atoms with E-state index in [0.29, 0.717) is 11.3 Å². The van der Waals surface area contributed by atoms with Crippen LogP contribution in [0.4, 0.5) is 0 Å². The van der Waals surface area contributed by atoms with E-state index in [1.807, 2.05) is 60.7 Å². The van der Waals surface area contributed by atoms with Gasteiger partial charge in [0.2, 0.25) is 5.71 Å². The number of furan rings is 1. The molecule has 0 amide bonds. The van der Waals surface area contributed by atoms with Gasteiger partial charge >= 0.3 is 0 Å². The summed E-state index contributed by atoms with van der Waals surface area (Å²) in [4.78, 5) is 13.0. The molecule has 0 unspecified atom stereocenters. The molecule has 7 aromatic rings. The molecule has 4 heterocycles. The van der Waals surface area contributed by atoms with E-state index in [-0.39, 0.29) is 25.8 Å². The van der Waals surface area contributed by atoms with E-state index in [1.54, 1.807) is 18.5 Å². The van der Waals surface area contributed by atoms with Crippen molar-refractivity contribution >= 4 is 22.1 Å². The molecule has 5 heteroatoms. The number of benzene rings is 3. The number of nitrogens with zero attached hydrogens (tertiary/aromatic N) is 3. The fourth-order valence-corrected chi connectivity index (χ4v) is 4.81. The van der Waals surface area contributed by atoms with E-state index in [1.165, 1.54) is 22.8 Å². The Morgan fingerprint density at radius 1 is 0.738 bits per heavy atom. The molecule has 0 aliphatic carbocycles. The fraction of sp³-hybridized carbons (Fsp3) is 0.108. The third-order valence-corrected chi connectivity index (χ3v) is 6.81. The maximum absolute atomic E-state index is 7.61. The van der Waals surface area contributed by atoms with E-state index in [4.69, 9.17) is 8.53 Å². The van der Waals surface area contributed by atoms with Gasteiger partial charge in [-0.1, -0.05) is 64.5 Å². The summed E-state index contributed by atoms with van der Waals surface area (Å²) in [5, 5.41) is 1.64. The molecule has 0 aliphatic heterocycles. The molecule has 0 atom stereocenters. The average Bonchev–Trinajstić information content (AvgIpc) is 3.43. The van der Waals surface area contributed by atoms with Gasteiger partial charge in [0.25, 0.3) is 0 Å². The minimum absolute atomic E-state index is 0. The van der Waals surface area contributed by atoms with Crippen LogP contribution in [0.25, 0.3) is 44.6 Å². The van der Waals surface area contributed by atoms with Gasteiger partial charge < -0.3 is 14.4 Å². The summed E-state index contributed by atoms with van der Waals surface area (Å²) in [6, 6.07) is 39.8. The van der Waals surface area contributed by atoms with Crippen molar-refractivity contribution in [1.29, 1.82) is 0 Å². The number of aryl methyl sites for hydroxylation is 4. The summed E-state index contributed by atoms with van der Waals surface area (Å²) in [5.74, 6) is 0. The Bertz CT molecular complexity index is 1990. The average molecular weight is 727 g/mol. The molecule has 0 bridgehead atoms. The second-order valence-electron chi connectivity index (χ2n) is 9.78. The first kappa shape index (κ1) is 25.3. The van der Waals surface area contributed by atoms with E-state index < -0.39 is 6.85 Å². The van der Waals surface area contributed by atoms with Crippen LogP contribution in [-0.4, -0.2) is 15.0 Å². The van der Waals surface area contributed by atoms with Gasteiger partial charge in [-0.25, -0.2) is 4.98 Å². The molecular formula is C37H29IrN3O-2. The molecule has 42 heavy (non-hydrogen) atoms. The van der Waals surface area contributed by atoms with E-state index in [2.05, 4.69) is 64.3 Å². The van der Waals surface area contributed by atoms with E-state index in [0.717, 1.165) is 46.1 Å². The van der Waals surface area contributed by atoms with Crippen molar-refractivity contribution in [2.24, 2.45) is 0 Å². The number of pyridine rings is 3. The summed E-state index contributed by atoms with van der Waals surface area (Å²) in [7, 11) is 0. The Labute approximate surface area is 264 Å². The Kier molecular flexibility index (Phi) is 8.12. The molecule has 209 valence electrons. The predicted molar refractivity (Wildman–Crippen MR) is 165 cm³/mol.